The lowest BCUT2D eigenvalue weighted by Crippen LogP contribution is -2.39. The van der Waals surface area contributed by atoms with Crippen molar-refractivity contribution in [2.75, 3.05) is 13.1 Å². The van der Waals surface area contributed by atoms with E-state index in [0.29, 0.717) is 11.5 Å². The van der Waals surface area contributed by atoms with Crippen LogP contribution in [0.1, 0.15) is 40.7 Å². The van der Waals surface area contributed by atoms with Crippen LogP contribution in [0.25, 0.3) is 0 Å². The predicted octanol–water partition coefficient (Wildman–Crippen LogP) is 3.84. The van der Waals surface area contributed by atoms with E-state index in [1.807, 2.05) is 31.2 Å². The highest BCUT2D eigenvalue weighted by molar-refractivity contribution is 7.07. The molecule has 3 nitrogen and oxygen atoms in total. The molecule has 2 aromatic rings. The Labute approximate surface area is 147 Å². The maximum absolute atomic E-state index is 13.2. The number of nitrogens with zero attached hydrogens (tertiary/aromatic N) is 1. The summed E-state index contributed by atoms with van der Waals surface area (Å²) in [5, 5.41) is 7.71. The SMILES string of the molecule is Cc1cccc(C(=O)N(Cc2ccsc2)C2CC23CCNCC3)c1. The average molecular weight is 340 g/mol. The van der Waals surface area contributed by atoms with Crippen LogP contribution in [0.2, 0.25) is 0 Å². The molecule has 1 N–H and O–H groups in total. The number of nitrogens with one attached hydrogen (secondary N) is 1. The highest BCUT2D eigenvalue weighted by Gasteiger charge is 2.57. The van der Waals surface area contributed by atoms with Crippen LogP contribution >= 0.6 is 11.3 Å². The van der Waals surface area contributed by atoms with E-state index in [1.165, 1.54) is 18.4 Å². The Morgan fingerprint density at radius 3 is 2.88 bits per heavy atom. The number of hydrogen-bond donors (Lipinski definition) is 1. The molecule has 4 heteroatoms. The van der Waals surface area contributed by atoms with Gasteiger partial charge in [-0.15, -0.1) is 0 Å². The number of hydrogen-bond acceptors (Lipinski definition) is 3. The minimum atomic E-state index is 0.185. The third-order valence-electron chi connectivity index (χ3n) is 5.58. The molecule has 1 aromatic heterocycles. The van der Waals surface area contributed by atoms with Crippen LogP contribution in [0.4, 0.5) is 0 Å². The Balaban J connectivity index is 1.60. The molecule has 1 aromatic carbocycles. The molecule has 2 aliphatic rings. The number of amides is 1. The summed E-state index contributed by atoms with van der Waals surface area (Å²) in [7, 11) is 0. The lowest BCUT2D eigenvalue weighted by molar-refractivity contribution is 0.0692. The van der Waals surface area contributed by atoms with Crippen LogP contribution in [0.15, 0.2) is 41.1 Å². The Hall–Kier alpha value is -1.65. The predicted molar refractivity (Wildman–Crippen MR) is 98.3 cm³/mol. The molecule has 1 spiro atoms. The van der Waals surface area contributed by atoms with E-state index in [1.54, 1.807) is 11.3 Å². The lowest BCUT2D eigenvalue weighted by atomic mass is 9.93. The molecule has 24 heavy (non-hydrogen) atoms. The molecule has 4 rings (SSSR count). The first-order valence-electron chi connectivity index (χ1n) is 8.77. The number of thiophene rings is 1. The monoisotopic (exact) mass is 340 g/mol. The van der Waals surface area contributed by atoms with E-state index in [4.69, 9.17) is 0 Å². The van der Waals surface area contributed by atoms with Crippen molar-refractivity contribution in [3.63, 3.8) is 0 Å². The third-order valence-corrected chi connectivity index (χ3v) is 6.31. The maximum atomic E-state index is 13.2. The summed E-state index contributed by atoms with van der Waals surface area (Å²) in [6, 6.07) is 10.5. The molecule has 1 saturated heterocycles. The molecule has 2 heterocycles. The molecule has 1 amide bonds. The smallest absolute Gasteiger partial charge is 0.254 e. The minimum Gasteiger partial charge on any atom is -0.331 e. The van der Waals surface area contributed by atoms with E-state index in [-0.39, 0.29) is 5.91 Å². The Morgan fingerprint density at radius 1 is 1.33 bits per heavy atom. The summed E-state index contributed by atoms with van der Waals surface area (Å²) >= 11 is 1.70. The molecule has 1 aliphatic heterocycles. The Kier molecular flexibility index (Phi) is 4.19. The standard InChI is InChI=1S/C20H24N2OS/c1-15-3-2-4-17(11-15)19(23)22(13-16-5-10-24-14-16)18-12-20(18)6-8-21-9-7-20/h2-5,10-11,14,18,21H,6-9,12-13H2,1H3. The van der Waals surface area contributed by atoms with E-state index in [0.717, 1.165) is 37.2 Å². The van der Waals surface area contributed by atoms with Gasteiger partial charge >= 0.3 is 0 Å². The summed E-state index contributed by atoms with van der Waals surface area (Å²) in [6.45, 7) is 4.95. The molecule has 1 saturated carbocycles. The zero-order valence-electron chi connectivity index (χ0n) is 14.1. The van der Waals surface area contributed by atoms with Crippen molar-refractivity contribution >= 4 is 17.2 Å². The van der Waals surface area contributed by atoms with Crippen molar-refractivity contribution in [3.8, 4) is 0 Å². The first kappa shape index (κ1) is 15.9. The summed E-state index contributed by atoms with van der Waals surface area (Å²) in [5.74, 6) is 0.185. The van der Waals surface area contributed by atoms with Crippen LogP contribution < -0.4 is 5.32 Å². The van der Waals surface area contributed by atoms with Gasteiger partial charge in [-0.1, -0.05) is 17.7 Å². The van der Waals surface area contributed by atoms with Crippen LogP contribution in [0, 0.1) is 12.3 Å². The molecule has 126 valence electrons. The van der Waals surface area contributed by atoms with Gasteiger partial charge in [0.15, 0.2) is 0 Å². The molecule has 1 unspecified atom stereocenters. The zero-order valence-corrected chi connectivity index (χ0v) is 14.9. The fourth-order valence-corrected chi connectivity index (χ4v) is 4.74. The number of rotatable bonds is 4. The molecular formula is C20H24N2OS. The number of carbonyl (C=O) groups is 1. The van der Waals surface area contributed by atoms with Gasteiger partial charge in [0.1, 0.15) is 0 Å². The number of aryl methyl sites for hydroxylation is 1. The fourth-order valence-electron chi connectivity index (χ4n) is 4.08. The second-order valence-electron chi connectivity index (χ2n) is 7.27. The normalized spacial score (nSPS) is 21.6. The summed E-state index contributed by atoms with van der Waals surface area (Å²) in [6.07, 6.45) is 3.55. The number of carbonyl (C=O) groups excluding carboxylic acids is 1. The topological polar surface area (TPSA) is 32.3 Å². The van der Waals surface area contributed by atoms with Gasteiger partial charge in [0.2, 0.25) is 0 Å². The minimum absolute atomic E-state index is 0.185. The summed E-state index contributed by atoms with van der Waals surface area (Å²) in [5.41, 5.74) is 3.57. The molecule has 2 fully saturated rings. The first-order chi connectivity index (χ1) is 11.7. The van der Waals surface area contributed by atoms with Gasteiger partial charge in [0.25, 0.3) is 5.91 Å². The largest absolute Gasteiger partial charge is 0.331 e. The van der Waals surface area contributed by atoms with Crippen LogP contribution in [0.5, 0.6) is 0 Å². The molecule has 0 bridgehead atoms. The first-order valence-corrected chi connectivity index (χ1v) is 9.72. The van der Waals surface area contributed by atoms with Crippen LogP contribution in [0.3, 0.4) is 0 Å². The van der Waals surface area contributed by atoms with Crippen LogP contribution in [-0.4, -0.2) is 29.9 Å². The second kappa shape index (κ2) is 6.34. The van der Waals surface area contributed by atoms with Gasteiger partial charge in [0.05, 0.1) is 0 Å². The van der Waals surface area contributed by atoms with Gasteiger partial charge in [-0.3, -0.25) is 4.79 Å². The molecule has 0 radical (unpaired) electrons. The highest BCUT2D eigenvalue weighted by Crippen LogP contribution is 2.56. The fraction of sp³-hybridized carbons (Fsp3) is 0.450. The molecule has 1 aliphatic carbocycles. The van der Waals surface area contributed by atoms with Gasteiger partial charge in [-0.05, 0) is 79.2 Å². The van der Waals surface area contributed by atoms with Gasteiger partial charge in [-0.25, -0.2) is 0 Å². The maximum Gasteiger partial charge on any atom is 0.254 e. The summed E-state index contributed by atoms with van der Waals surface area (Å²) in [4.78, 5) is 15.4. The molecule has 1 atom stereocenters. The van der Waals surface area contributed by atoms with Crippen molar-refractivity contribution in [1.29, 1.82) is 0 Å². The van der Waals surface area contributed by atoms with Gasteiger partial charge in [0, 0.05) is 18.2 Å². The van der Waals surface area contributed by atoms with Gasteiger partial charge < -0.3 is 10.2 Å². The Morgan fingerprint density at radius 2 is 2.17 bits per heavy atom. The highest BCUT2D eigenvalue weighted by atomic mass is 32.1. The lowest BCUT2D eigenvalue weighted by Gasteiger charge is -2.29. The van der Waals surface area contributed by atoms with Crippen molar-refractivity contribution in [1.82, 2.24) is 10.2 Å². The van der Waals surface area contributed by atoms with E-state index < -0.39 is 0 Å². The quantitative estimate of drug-likeness (QED) is 0.917. The van der Waals surface area contributed by atoms with Crippen molar-refractivity contribution in [2.24, 2.45) is 5.41 Å². The Bertz CT molecular complexity index is 719. The van der Waals surface area contributed by atoms with Crippen molar-refractivity contribution < 1.29 is 4.79 Å². The van der Waals surface area contributed by atoms with E-state index in [9.17, 15) is 4.79 Å². The molecular weight excluding hydrogens is 316 g/mol. The van der Waals surface area contributed by atoms with E-state index >= 15 is 0 Å². The van der Waals surface area contributed by atoms with E-state index in [2.05, 4.69) is 27.0 Å². The van der Waals surface area contributed by atoms with Crippen LogP contribution in [-0.2, 0) is 6.54 Å². The number of benzene rings is 1. The third kappa shape index (κ3) is 3.01. The second-order valence-corrected chi connectivity index (χ2v) is 8.05. The van der Waals surface area contributed by atoms with Gasteiger partial charge in [-0.2, -0.15) is 11.3 Å². The zero-order chi connectivity index (χ0) is 16.6. The summed E-state index contributed by atoms with van der Waals surface area (Å²) < 4.78 is 0. The average Bonchev–Trinajstić information content (AvgIpc) is 3.04. The van der Waals surface area contributed by atoms with Crippen molar-refractivity contribution in [2.45, 2.75) is 38.8 Å². The van der Waals surface area contributed by atoms with Crippen molar-refractivity contribution in [3.05, 3.63) is 57.8 Å². The number of piperidine rings is 1.